The zero-order valence-electron chi connectivity index (χ0n) is 14.0. The first-order chi connectivity index (χ1) is 11.7. The van der Waals surface area contributed by atoms with Crippen molar-refractivity contribution in [2.75, 3.05) is 13.1 Å². The van der Waals surface area contributed by atoms with E-state index in [0.717, 1.165) is 48.6 Å². The number of aryl methyl sites for hydroxylation is 1. The van der Waals surface area contributed by atoms with Crippen LogP contribution in [0, 0.1) is 12.8 Å². The number of para-hydroxylation sites is 2. The van der Waals surface area contributed by atoms with E-state index in [4.69, 9.17) is 4.74 Å². The number of benzene rings is 2. The minimum atomic E-state index is 0.121. The Bertz CT molecular complexity index is 694. The molecule has 1 aliphatic heterocycles. The van der Waals surface area contributed by atoms with Crippen LogP contribution < -0.4 is 15.4 Å². The van der Waals surface area contributed by atoms with Crippen LogP contribution in [0.5, 0.6) is 11.5 Å². The zero-order valence-corrected chi connectivity index (χ0v) is 14.0. The Morgan fingerprint density at radius 2 is 1.75 bits per heavy atom. The molecule has 126 valence electrons. The predicted octanol–water partition coefficient (Wildman–Crippen LogP) is 3.40. The lowest BCUT2D eigenvalue weighted by atomic mass is 9.97. The van der Waals surface area contributed by atoms with Crippen molar-refractivity contribution in [3.05, 3.63) is 59.7 Å². The molecule has 1 heterocycles. The third kappa shape index (κ3) is 4.15. The highest BCUT2D eigenvalue weighted by Crippen LogP contribution is 2.27. The molecule has 4 heteroatoms. The Morgan fingerprint density at radius 1 is 1.08 bits per heavy atom. The molecular formula is C20H24N2O2. The predicted molar refractivity (Wildman–Crippen MR) is 95.1 cm³/mol. The molecule has 0 aromatic heterocycles. The monoisotopic (exact) mass is 324 g/mol. The Labute approximate surface area is 143 Å². The lowest BCUT2D eigenvalue weighted by Crippen LogP contribution is -2.37. The average Bonchev–Trinajstić information content (AvgIpc) is 2.63. The lowest BCUT2D eigenvalue weighted by Gasteiger charge is -2.22. The maximum absolute atomic E-state index is 12.3. The second-order valence-corrected chi connectivity index (χ2v) is 6.22. The summed E-state index contributed by atoms with van der Waals surface area (Å²) in [4.78, 5) is 12.3. The number of nitrogens with one attached hydrogen (secondary N) is 2. The summed E-state index contributed by atoms with van der Waals surface area (Å²) in [5.74, 6) is 1.89. The molecule has 0 bridgehead atoms. The van der Waals surface area contributed by atoms with Gasteiger partial charge in [0, 0.05) is 18.0 Å². The van der Waals surface area contributed by atoms with E-state index in [1.54, 1.807) is 0 Å². The number of amides is 1. The molecule has 0 saturated carbocycles. The van der Waals surface area contributed by atoms with Crippen LogP contribution in [0.3, 0.4) is 0 Å². The molecular weight excluding hydrogens is 300 g/mol. The molecule has 0 unspecified atom stereocenters. The number of ether oxygens (including phenoxy) is 1. The van der Waals surface area contributed by atoms with Crippen molar-refractivity contribution < 1.29 is 9.53 Å². The maximum Gasteiger partial charge on any atom is 0.223 e. The van der Waals surface area contributed by atoms with Crippen LogP contribution in [0.25, 0.3) is 0 Å². The molecule has 3 rings (SSSR count). The highest BCUT2D eigenvalue weighted by atomic mass is 16.5. The van der Waals surface area contributed by atoms with Gasteiger partial charge in [-0.05, 0) is 50.6 Å². The fraction of sp³-hybridized carbons (Fsp3) is 0.350. The Balaban J connectivity index is 1.66. The number of carbonyl (C=O) groups excluding carboxylic acids is 1. The molecule has 1 amide bonds. The van der Waals surface area contributed by atoms with E-state index in [9.17, 15) is 4.79 Å². The standard InChI is InChI=1S/C20H24N2O2/c1-15-6-2-4-8-18(15)24-19-9-5-3-7-17(19)14-22-20(23)16-10-12-21-13-11-16/h2-9,16,21H,10-14H2,1H3,(H,22,23). The first kappa shape index (κ1) is 16.5. The average molecular weight is 324 g/mol. The Kier molecular flexibility index (Phi) is 5.49. The van der Waals surface area contributed by atoms with Crippen molar-refractivity contribution in [3.63, 3.8) is 0 Å². The van der Waals surface area contributed by atoms with Gasteiger partial charge in [0.2, 0.25) is 5.91 Å². The summed E-state index contributed by atoms with van der Waals surface area (Å²) in [5.41, 5.74) is 2.08. The number of hydrogen-bond donors (Lipinski definition) is 2. The van der Waals surface area contributed by atoms with Crippen molar-refractivity contribution >= 4 is 5.91 Å². The molecule has 24 heavy (non-hydrogen) atoms. The normalized spacial score (nSPS) is 15.0. The number of carbonyl (C=O) groups is 1. The third-order valence-corrected chi connectivity index (χ3v) is 4.45. The fourth-order valence-electron chi connectivity index (χ4n) is 2.95. The summed E-state index contributed by atoms with van der Waals surface area (Å²) >= 11 is 0. The SMILES string of the molecule is Cc1ccccc1Oc1ccccc1CNC(=O)C1CCNCC1. The van der Waals surface area contributed by atoms with Gasteiger partial charge in [-0.15, -0.1) is 0 Å². The maximum atomic E-state index is 12.3. The quantitative estimate of drug-likeness (QED) is 0.886. The van der Waals surface area contributed by atoms with E-state index in [1.807, 2.05) is 55.5 Å². The van der Waals surface area contributed by atoms with Crippen molar-refractivity contribution in [2.24, 2.45) is 5.92 Å². The Hall–Kier alpha value is -2.33. The van der Waals surface area contributed by atoms with E-state index in [0.29, 0.717) is 6.54 Å². The molecule has 0 atom stereocenters. The van der Waals surface area contributed by atoms with E-state index in [1.165, 1.54) is 0 Å². The molecule has 4 nitrogen and oxygen atoms in total. The van der Waals surface area contributed by atoms with Crippen molar-refractivity contribution in [3.8, 4) is 11.5 Å². The van der Waals surface area contributed by atoms with Crippen molar-refractivity contribution in [1.82, 2.24) is 10.6 Å². The van der Waals surface area contributed by atoms with E-state index in [2.05, 4.69) is 10.6 Å². The van der Waals surface area contributed by atoms with Crippen molar-refractivity contribution in [2.45, 2.75) is 26.3 Å². The van der Waals surface area contributed by atoms with Gasteiger partial charge >= 0.3 is 0 Å². The van der Waals surface area contributed by atoms with Gasteiger partial charge in [-0.2, -0.15) is 0 Å². The largest absolute Gasteiger partial charge is 0.457 e. The Morgan fingerprint density at radius 3 is 2.50 bits per heavy atom. The van der Waals surface area contributed by atoms with Crippen LogP contribution in [-0.4, -0.2) is 19.0 Å². The number of rotatable bonds is 5. The van der Waals surface area contributed by atoms with E-state index < -0.39 is 0 Å². The summed E-state index contributed by atoms with van der Waals surface area (Å²) in [7, 11) is 0. The van der Waals surface area contributed by atoms with Gasteiger partial charge in [0.25, 0.3) is 0 Å². The van der Waals surface area contributed by atoms with Crippen LogP contribution in [0.2, 0.25) is 0 Å². The fourth-order valence-corrected chi connectivity index (χ4v) is 2.95. The van der Waals surface area contributed by atoms with Gasteiger partial charge in [-0.1, -0.05) is 36.4 Å². The smallest absolute Gasteiger partial charge is 0.223 e. The van der Waals surface area contributed by atoms with Crippen molar-refractivity contribution in [1.29, 1.82) is 0 Å². The van der Waals surface area contributed by atoms with Crippen LogP contribution in [0.4, 0.5) is 0 Å². The van der Waals surface area contributed by atoms with Gasteiger partial charge in [0.15, 0.2) is 0 Å². The van der Waals surface area contributed by atoms with Gasteiger partial charge in [-0.25, -0.2) is 0 Å². The minimum Gasteiger partial charge on any atom is -0.457 e. The molecule has 2 N–H and O–H groups in total. The number of piperidine rings is 1. The van der Waals surface area contributed by atoms with Gasteiger partial charge in [0.05, 0.1) is 0 Å². The van der Waals surface area contributed by atoms with E-state index >= 15 is 0 Å². The molecule has 1 fully saturated rings. The first-order valence-corrected chi connectivity index (χ1v) is 8.54. The minimum absolute atomic E-state index is 0.121. The topological polar surface area (TPSA) is 50.4 Å². The van der Waals surface area contributed by atoms with Gasteiger partial charge in [0.1, 0.15) is 11.5 Å². The summed E-state index contributed by atoms with van der Waals surface area (Å²) in [6, 6.07) is 15.8. The molecule has 2 aromatic carbocycles. The molecule has 0 spiro atoms. The second-order valence-electron chi connectivity index (χ2n) is 6.22. The molecule has 0 aliphatic carbocycles. The van der Waals surface area contributed by atoms with Crippen LogP contribution in [0.15, 0.2) is 48.5 Å². The summed E-state index contributed by atoms with van der Waals surface area (Å²) in [6.07, 6.45) is 1.82. The van der Waals surface area contributed by atoms with E-state index in [-0.39, 0.29) is 11.8 Å². The summed E-state index contributed by atoms with van der Waals surface area (Å²) < 4.78 is 6.06. The second kappa shape index (κ2) is 7.97. The lowest BCUT2D eigenvalue weighted by molar-refractivity contribution is -0.125. The molecule has 0 radical (unpaired) electrons. The number of hydrogen-bond acceptors (Lipinski definition) is 3. The zero-order chi connectivity index (χ0) is 16.8. The molecule has 1 saturated heterocycles. The first-order valence-electron chi connectivity index (χ1n) is 8.54. The highest BCUT2D eigenvalue weighted by molar-refractivity contribution is 5.78. The van der Waals surface area contributed by atoms with Gasteiger partial charge in [-0.3, -0.25) is 4.79 Å². The van der Waals surface area contributed by atoms with Crippen LogP contribution >= 0.6 is 0 Å². The third-order valence-electron chi connectivity index (χ3n) is 4.45. The van der Waals surface area contributed by atoms with Crippen LogP contribution in [0.1, 0.15) is 24.0 Å². The molecule has 1 aliphatic rings. The summed E-state index contributed by atoms with van der Waals surface area (Å²) in [5, 5.41) is 6.35. The summed E-state index contributed by atoms with van der Waals surface area (Å²) in [6.45, 7) is 4.36. The molecule has 2 aromatic rings. The highest BCUT2D eigenvalue weighted by Gasteiger charge is 2.20. The van der Waals surface area contributed by atoms with Crippen LogP contribution in [-0.2, 0) is 11.3 Å². The van der Waals surface area contributed by atoms with Gasteiger partial charge < -0.3 is 15.4 Å².